The molecule has 1 atom stereocenters. The second-order valence-electron chi connectivity index (χ2n) is 5.04. The molecule has 1 aromatic heterocycles. The quantitative estimate of drug-likeness (QED) is 0.720. The monoisotopic (exact) mass is 340 g/mol. The van der Waals surface area contributed by atoms with E-state index >= 15 is 0 Å². The van der Waals surface area contributed by atoms with E-state index in [0.29, 0.717) is 0 Å². The fourth-order valence-electron chi connectivity index (χ4n) is 2.04. The van der Waals surface area contributed by atoms with Crippen LogP contribution in [0.2, 0.25) is 5.02 Å². The molecule has 0 aliphatic heterocycles. The van der Waals surface area contributed by atoms with E-state index in [2.05, 4.69) is 15.7 Å². The highest BCUT2D eigenvalue weighted by molar-refractivity contribution is 6.30. The second-order valence-corrected chi connectivity index (χ2v) is 5.45. The van der Waals surface area contributed by atoms with Crippen LogP contribution in [0.3, 0.4) is 0 Å². The molecular weight excluding hydrogens is 323 g/mol. The summed E-state index contributed by atoms with van der Waals surface area (Å²) < 4.78 is 14.7. The lowest BCUT2D eigenvalue weighted by atomic mass is 10.1. The van der Waals surface area contributed by atoms with Gasteiger partial charge in [0.05, 0.1) is 23.5 Å². The Labute approximate surface area is 138 Å². The van der Waals surface area contributed by atoms with Gasteiger partial charge in [0.1, 0.15) is 12.4 Å². The Kier molecular flexibility index (Phi) is 5.95. The molecule has 2 rings (SSSR count). The zero-order valence-electron chi connectivity index (χ0n) is 12.6. The molecule has 23 heavy (non-hydrogen) atoms. The summed E-state index contributed by atoms with van der Waals surface area (Å²) in [5.41, 5.74) is 1.57. The molecule has 1 heterocycles. The summed E-state index contributed by atoms with van der Waals surface area (Å²) in [5, 5.41) is 18.6. The number of aromatic nitrogens is 2. The lowest BCUT2D eigenvalue weighted by molar-refractivity contribution is -0.122. The van der Waals surface area contributed by atoms with Gasteiger partial charge in [0.15, 0.2) is 0 Å². The van der Waals surface area contributed by atoms with Crippen LogP contribution in [0.1, 0.15) is 18.5 Å². The lowest BCUT2D eigenvalue weighted by Gasteiger charge is -2.14. The summed E-state index contributed by atoms with van der Waals surface area (Å²) in [4.78, 5) is 11.5. The molecule has 0 saturated heterocycles. The van der Waals surface area contributed by atoms with Gasteiger partial charge in [-0.05, 0) is 24.6 Å². The van der Waals surface area contributed by atoms with E-state index < -0.39 is 5.82 Å². The zero-order valence-corrected chi connectivity index (χ0v) is 13.3. The number of rotatable bonds is 7. The number of nitrogens with zero attached hydrogens (tertiary/aromatic N) is 2. The van der Waals surface area contributed by atoms with E-state index in [1.54, 1.807) is 24.5 Å². The standard InChI is InChI=1S/C15H18ClFN4O2/c1-10(11-2-3-14(17)13(16)6-11)20-12-7-19-21(8-12)9-15(23)18-4-5-22/h2-3,6-8,10,20,22H,4-5,9H2,1H3,(H,18,23). The summed E-state index contributed by atoms with van der Waals surface area (Å²) in [5.74, 6) is -0.684. The van der Waals surface area contributed by atoms with Crippen LogP contribution >= 0.6 is 11.6 Å². The first-order valence-electron chi connectivity index (χ1n) is 7.11. The minimum Gasteiger partial charge on any atom is -0.395 e. The Hall–Kier alpha value is -2.12. The predicted molar refractivity (Wildman–Crippen MR) is 85.8 cm³/mol. The number of carbonyl (C=O) groups excluding carboxylic acids is 1. The largest absolute Gasteiger partial charge is 0.395 e. The molecule has 1 unspecified atom stereocenters. The van der Waals surface area contributed by atoms with E-state index in [-0.39, 0.29) is 36.7 Å². The van der Waals surface area contributed by atoms with Crippen LogP contribution in [-0.4, -0.2) is 33.9 Å². The summed E-state index contributed by atoms with van der Waals surface area (Å²) in [6.07, 6.45) is 3.29. The highest BCUT2D eigenvalue weighted by Gasteiger charge is 2.10. The van der Waals surface area contributed by atoms with E-state index in [0.717, 1.165) is 11.3 Å². The van der Waals surface area contributed by atoms with Gasteiger partial charge in [-0.2, -0.15) is 5.10 Å². The fraction of sp³-hybridized carbons (Fsp3) is 0.333. The summed E-state index contributed by atoms with van der Waals surface area (Å²) in [6, 6.07) is 4.45. The number of anilines is 1. The Balaban J connectivity index is 1.95. The molecule has 8 heteroatoms. The highest BCUT2D eigenvalue weighted by atomic mass is 35.5. The minimum absolute atomic E-state index is 0.0679. The van der Waals surface area contributed by atoms with Crippen LogP contribution in [-0.2, 0) is 11.3 Å². The number of aliphatic hydroxyl groups excluding tert-OH is 1. The smallest absolute Gasteiger partial charge is 0.241 e. The van der Waals surface area contributed by atoms with Crippen molar-refractivity contribution < 1.29 is 14.3 Å². The fourth-order valence-corrected chi connectivity index (χ4v) is 2.23. The molecule has 0 aliphatic carbocycles. The van der Waals surface area contributed by atoms with Crippen LogP contribution in [0.5, 0.6) is 0 Å². The van der Waals surface area contributed by atoms with Crippen molar-refractivity contribution in [1.29, 1.82) is 0 Å². The minimum atomic E-state index is -0.454. The number of halogens is 2. The number of amides is 1. The molecule has 2 aromatic rings. The number of carbonyl (C=O) groups is 1. The van der Waals surface area contributed by atoms with Crippen LogP contribution in [0.15, 0.2) is 30.6 Å². The van der Waals surface area contributed by atoms with Gasteiger partial charge in [0.25, 0.3) is 0 Å². The van der Waals surface area contributed by atoms with Crippen molar-refractivity contribution >= 4 is 23.2 Å². The summed E-state index contributed by atoms with van der Waals surface area (Å²) in [6.45, 7) is 2.09. The van der Waals surface area contributed by atoms with Crippen LogP contribution in [0.25, 0.3) is 0 Å². The van der Waals surface area contributed by atoms with E-state index in [1.165, 1.54) is 10.7 Å². The van der Waals surface area contributed by atoms with E-state index in [9.17, 15) is 9.18 Å². The molecule has 0 aliphatic rings. The van der Waals surface area contributed by atoms with Gasteiger partial charge >= 0.3 is 0 Å². The number of benzene rings is 1. The van der Waals surface area contributed by atoms with E-state index in [1.807, 2.05) is 6.92 Å². The van der Waals surface area contributed by atoms with Gasteiger partial charge in [0.2, 0.25) is 5.91 Å². The van der Waals surface area contributed by atoms with Crippen molar-refractivity contribution in [1.82, 2.24) is 15.1 Å². The van der Waals surface area contributed by atoms with Gasteiger partial charge < -0.3 is 15.7 Å². The van der Waals surface area contributed by atoms with Gasteiger partial charge in [-0.1, -0.05) is 17.7 Å². The molecular formula is C15H18ClFN4O2. The molecule has 124 valence electrons. The maximum atomic E-state index is 13.2. The molecule has 3 N–H and O–H groups in total. The van der Waals surface area contributed by atoms with Gasteiger partial charge in [0, 0.05) is 18.8 Å². The average molecular weight is 341 g/mol. The van der Waals surface area contributed by atoms with Gasteiger partial charge in [-0.25, -0.2) is 4.39 Å². The Bertz CT molecular complexity index is 677. The molecule has 0 spiro atoms. The molecule has 6 nitrogen and oxygen atoms in total. The summed E-state index contributed by atoms with van der Waals surface area (Å²) >= 11 is 5.78. The number of nitrogens with one attached hydrogen (secondary N) is 2. The van der Waals surface area contributed by atoms with Crippen LogP contribution in [0, 0.1) is 5.82 Å². The first kappa shape index (κ1) is 17.2. The SMILES string of the molecule is CC(Nc1cnn(CC(=O)NCCO)c1)c1ccc(F)c(Cl)c1. The predicted octanol–water partition coefficient (Wildman–Crippen LogP) is 1.96. The third kappa shape index (κ3) is 4.94. The molecule has 0 bridgehead atoms. The van der Waals surface area contributed by atoms with Crippen molar-refractivity contribution in [2.24, 2.45) is 0 Å². The Morgan fingerprint density at radius 1 is 1.52 bits per heavy atom. The maximum Gasteiger partial charge on any atom is 0.241 e. The van der Waals surface area contributed by atoms with Gasteiger partial charge in [-0.15, -0.1) is 0 Å². The van der Waals surface area contributed by atoms with Crippen molar-refractivity contribution in [3.63, 3.8) is 0 Å². The van der Waals surface area contributed by atoms with Crippen molar-refractivity contribution in [2.45, 2.75) is 19.5 Å². The van der Waals surface area contributed by atoms with Crippen LogP contribution < -0.4 is 10.6 Å². The number of hydrogen-bond acceptors (Lipinski definition) is 4. The molecule has 0 radical (unpaired) electrons. The third-order valence-corrected chi connectivity index (χ3v) is 3.49. The van der Waals surface area contributed by atoms with Gasteiger partial charge in [-0.3, -0.25) is 9.48 Å². The van der Waals surface area contributed by atoms with Crippen molar-refractivity contribution in [3.8, 4) is 0 Å². The Morgan fingerprint density at radius 2 is 2.30 bits per heavy atom. The first-order valence-corrected chi connectivity index (χ1v) is 7.49. The Morgan fingerprint density at radius 3 is 3.00 bits per heavy atom. The third-order valence-electron chi connectivity index (χ3n) is 3.20. The molecule has 1 amide bonds. The van der Waals surface area contributed by atoms with Crippen LogP contribution in [0.4, 0.5) is 10.1 Å². The lowest BCUT2D eigenvalue weighted by Crippen LogP contribution is -2.30. The second kappa shape index (κ2) is 7.94. The van der Waals surface area contributed by atoms with Crippen molar-refractivity contribution in [2.75, 3.05) is 18.5 Å². The topological polar surface area (TPSA) is 79.2 Å². The summed E-state index contributed by atoms with van der Waals surface area (Å²) in [7, 11) is 0. The van der Waals surface area contributed by atoms with E-state index in [4.69, 9.17) is 16.7 Å². The van der Waals surface area contributed by atoms with Crippen molar-refractivity contribution in [3.05, 3.63) is 47.0 Å². The first-order chi connectivity index (χ1) is 11.0. The molecule has 1 aromatic carbocycles. The molecule has 0 saturated carbocycles. The highest BCUT2D eigenvalue weighted by Crippen LogP contribution is 2.23. The average Bonchev–Trinajstić information content (AvgIpc) is 2.94. The zero-order chi connectivity index (χ0) is 16.8. The number of hydrogen-bond donors (Lipinski definition) is 3. The normalized spacial score (nSPS) is 12.0. The maximum absolute atomic E-state index is 13.2. The number of aliphatic hydroxyl groups is 1. The molecule has 0 fully saturated rings.